The van der Waals surface area contributed by atoms with E-state index in [-0.39, 0.29) is 0 Å². The van der Waals surface area contributed by atoms with Gasteiger partial charge in [0.25, 0.3) is 0 Å². The maximum Gasteiger partial charge on any atom is 0.102 e. The van der Waals surface area contributed by atoms with Gasteiger partial charge < -0.3 is 18.4 Å². The summed E-state index contributed by atoms with van der Waals surface area (Å²) in [7, 11) is 4.59. The highest BCUT2D eigenvalue weighted by molar-refractivity contribution is 4.43. The molecule has 0 saturated carbocycles. The number of rotatable bonds is 16. The number of unbranched alkanes of at least 4 members (excludes halogenated alkanes) is 1. The summed E-state index contributed by atoms with van der Waals surface area (Å²) in [4.78, 5) is 0. The van der Waals surface area contributed by atoms with Crippen LogP contribution in [0.2, 0.25) is 0 Å². The Morgan fingerprint density at radius 3 is 1.74 bits per heavy atom. The molecule has 23 heavy (non-hydrogen) atoms. The molecule has 0 atom stereocenters. The quantitative estimate of drug-likeness (QED) is 0.319. The first-order chi connectivity index (χ1) is 10.9. The van der Waals surface area contributed by atoms with Gasteiger partial charge in [0.15, 0.2) is 0 Å². The van der Waals surface area contributed by atoms with Gasteiger partial charge in [0.2, 0.25) is 0 Å². The van der Waals surface area contributed by atoms with Crippen molar-refractivity contribution in [1.82, 2.24) is 0 Å². The van der Waals surface area contributed by atoms with Gasteiger partial charge in [-0.1, -0.05) is 6.92 Å². The molecule has 0 aliphatic carbocycles. The van der Waals surface area contributed by atoms with Gasteiger partial charge >= 0.3 is 0 Å². The number of quaternary nitrogens is 2. The Bertz CT molecular complexity index is 258. The topological polar surface area (TPSA) is 18.5 Å². The van der Waals surface area contributed by atoms with Crippen LogP contribution in [0.4, 0.5) is 0 Å². The zero-order valence-corrected chi connectivity index (χ0v) is 16.9. The lowest BCUT2D eigenvalue weighted by Gasteiger charge is -2.35. The summed E-state index contributed by atoms with van der Waals surface area (Å²) < 4.78 is 13.7. The second-order valence-corrected chi connectivity index (χ2v) is 7.33. The molecule has 0 radical (unpaired) electrons. The summed E-state index contributed by atoms with van der Waals surface area (Å²) in [5, 5.41) is 0. The lowest BCUT2D eigenvalue weighted by molar-refractivity contribution is -0.923. The van der Waals surface area contributed by atoms with E-state index in [1.54, 1.807) is 0 Å². The van der Waals surface area contributed by atoms with E-state index in [0.29, 0.717) is 0 Å². The maximum atomic E-state index is 5.88. The molecule has 0 aliphatic rings. The van der Waals surface area contributed by atoms with Crippen molar-refractivity contribution in [3.8, 4) is 0 Å². The Labute approximate surface area is 145 Å². The normalized spacial score (nSPS) is 12.8. The Hall–Kier alpha value is -0.160. The minimum atomic E-state index is 0.877. The Morgan fingerprint density at radius 1 is 0.609 bits per heavy atom. The summed E-state index contributed by atoms with van der Waals surface area (Å²) in [6.45, 7) is 19.7. The SMILES string of the molecule is CCCOCC[N+](C)(C)CCCCOCC[N+](CC)(CC)CC. The molecule has 0 rings (SSSR count). The van der Waals surface area contributed by atoms with Crippen LogP contribution in [0, 0.1) is 0 Å². The van der Waals surface area contributed by atoms with Crippen LogP contribution in [0.1, 0.15) is 47.0 Å². The number of likely N-dealkylation sites (N-methyl/N-ethyl adjacent to an activating group) is 2. The highest BCUT2D eigenvalue weighted by atomic mass is 16.5. The van der Waals surface area contributed by atoms with Crippen molar-refractivity contribution in [2.45, 2.75) is 47.0 Å². The average Bonchev–Trinajstić information content (AvgIpc) is 2.55. The fraction of sp³-hybridized carbons (Fsp3) is 1.00. The van der Waals surface area contributed by atoms with Crippen molar-refractivity contribution in [3.05, 3.63) is 0 Å². The van der Waals surface area contributed by atoms with Crippen LogP contribution < -0.4 is 0 Å². The summed E-state index contributed by atoms with van der Waals surface area (Å²) >= 11 is 0. The van der Waals surface area contributed by atoms with Crippen LogP contribution in [0.25, 0.3) is 0 Å². The molecule has 4 heteroatoms. The van der Waals surface area contributed by atoms with Crippen LogP contribution in [-0.2, 0) is 9.47 Å². The predicted octanol–water partition coefficient (Wildman–Crippen LogP) is 3.16. The van der Waals surface area contributed by atoms with Crippen LogP contribution >= 0.6 is 0 Å². The zero-order valence-electron chi connectivity index (χ0n) is 16.9. The van der Waals surface area contributed by atoms with E-state index in [9.17, 15) is 0 Å². The maximum absolute atomic E-state index is 5.88. The Kier molecular flexibility index (Phi) is 13.1. The highest BCUT2D eigenvalue weighted by Crippen LogP contribution is 2.06. The van der Waals surface area contributed by atoms with Gasteiger partial charge in [-0.25, -0.2) is 0 Å². The average molecular weight is 333 g/mol. The van der Waals surface area contributed by atoms with Gasteiger partial charge in [-0.2, -0.15) is 0 Å². The standard InChI is InChI=1S/C19H44N2O2/c1-7-16-22-18-14-20(5,6)13-11-12-17-23-19-15-21(8-2,9-3)10-4/h7-19H2,1-6H3/q+2. The lowest BCUT2D eigenvalue weighted by Crippen LogP contribution is -2.49. The summed E-state index contributed by atoms with van der Waals surface area (Å²) in [6.07, 6.45) is 3.51. The summed E-state index contributed by atoms with van der Waals surface area (Å²) in [6, 6.07) is 0. The van der Waals surface area contributed by atoms with E-state index in [2.05, 4.69) is 41.8 Å². The van der Waals surface area contributed by atoms with Crippen molar-refractivity contribution in [1.29, 1.82) is 0 Å². The first kappa shape index (κ1) is 22.8. The van der Waals surface area contributed by atoms with E-state index < -0.39 is 0 Å². The molecule has 140 valence electrons. The molecular formula is C19H44N2O2+2. The van der Waals surface area contributed by atoms with Crippen molar-refractivity contribution < 1.29 is 18.4 Å². The molecule has 0 spiro atoms. The van der Waals surface area contributed by atoms with Crippen LogP contribution in [0.5, 0.6) is 0 Å². The third kappa shape index (κ3) is 11.1. The highest BCUT2D eigenvalue weighted by Gasteiger charge is 2.20. The van der Waals surface area contributed by atoms with E-state index in [1.165, 1.54) is 43.5 Å². The van der Waals surface area contributed by atoms with Crippen molar-refractivity contribution in [3.63, 3.8) is 0 Å². The number of nitrogens with zero attached hydrogens (tertiary/aromatic N) is 2. The monoisotopic (exact) mass is 332 g/mol. The molecule has 4 nitrogen and oxygen atoms in total. The second-order valence-electron chi connectivity index (χ2n) is 7.33. The molecule has 0 aromatic rings. The number of ether oxygens (including phenoxy) is 2. The third-order valence-corrected chi connectivity index (χ3v) is 5.21. The van der Waals surface area contributed by atoms with Gasteiger partial charge in [-0.05, 0) is 40.0 Å². The van der Waals surface area contributed by atoms with Gasteiger partial charge in [0.05, 0.1) is 53.5 Å². The van der Waals surface area contributed by atoms with Crippen molar-refractivity contribution >= 4 is 0 Å². The number of hydrogen-bond acceptors (Lipinski definition) is 2. The molecule has 0 amide bonds. The fourth-order valence-electron chi connectivity index (χ4n) is 2.92. The van der Waals surface area contributed by atoms with E-state index in [1.807, 2.05) is 0 Å². The van der Waals surface area contributed by atoms with Crippen LogP contribution in [0.15, 0.2) is 0 Å². The molecule has 0 aromatic carbocycles. The minimum Gasteiger partial charge on any atom is -0.376 e. The Morgan fingerprint density at radius 2 is 1.17 bits per heavy atom. The molecule has 0 saturated heterocycles. The van der Waals surface area contributed by atoms with E-state index in [4.69, 9.17) is 9.47 Å². The first-order valence-electron chi connectivity index (χ1n) is 9.77. The number of hydrogen-bond donors (Lipinski definition) is 0. The molecule has 0 bridgehead atoms. The fourth-order valence-corrected chi connectivity index (χ4v) is 2.92. The largest absolute Gasteiger partial charge is 0.376 e. The molecular weight excluding hydrogens is 288 g/mol. The van der Waals surface area contributed by atoms with E-state index in [0.717, 1.165) is 50.4 Å². The van der Waals surface area contributed by atoms with Gasteiger partial charge in [-0.3, -0.25) is 0 Å². The summed E-state index contributed by atoms with van der Waals surface area (Å²) in [5.74, 6) is 0. The first-order valence-corrected chi connectivity index (χ1v) is 9.77. The van der Waals surface area contributed by atoms with Crippen molar-refractivity contribution in [2.24, 2.45) is 0 Å². The van der Waals surface area contributed by atoms with Crippen LogP contribution in [0.3, 0.4) is 0 Å². The minimum absolute atomic E-state index is 0.877. The van der Waals surface area contributed by atoms with Gasteiger partial charge in [0, 0.05) is 13.2 Å². The van der Waals surface area contributed by atoms with E-state index >= 15 is 0 Å². The third-order valence-electron chi connectivity index (χ3n) is 5.21. The molecule has 0 N–H and O–H groups in total. The lowest BCUT2D eigenvalue weighted by atomic mass is 10.3. The molecule has 0 heterocycles. The summed E-state index contributed by atoms with van der Waals surface area (Å²) in [5.41, 5.74) is 0. The predicted molar refractivity (Wildman–Crippen MR) is 99.8 cm³/mol. The second kappa shape index (κ2) is 13.2. The van der Waals surface area contributed by atoms with Crippen LogP contribution in [-0.4, -0.2) is 88.8 Å². The molecule has 0 unspecified atom stereocenters. The molecule has 0 fully saturated rings. The van der Waals surface area contributed by atoms with Gasteiger partial charge in [-0.15, -0.1) is 0 Å². The molecule has 0 aromatic heterocycles. The smallest absolute Gasteiger partial charge is 0.102 e. The molecule has 0 aliphatic heterocycles. The zero-order chi connectivity index (χ0) is 17.6. The van der Waals surface area contributed by atoms with Crippen molar-refractivity contribution in [2.75, 3.05) is 79.8 Å². The van der Waals surface area contributed by atoms with Gasteiger partial charge in [0.1, 0.15) is 13.1 Å². The Balaban J connectivity index is 3.64.